The third-order valence-corrected chi connectivity index (χ3v) is 4.40. The first-order valence-corrected chi connectivity index (χ1v) is 7.91. The second-order valence-electron chi connectivity index (χ2n) is 7.59. The van der Waals surface area contributed by atoms with E-state index in [2.05, 4.69) is 27.4 Å². The molecule has 0 aromatic rings. The zero-order valence-corrected chi connectivity index (χ0v) is 15.2. The number of ether oxygens (including phenoxy) is 2. The number of methoxy groups -OCH3 is 1. The molecule has 0 saturated heterocycles. The minimum atomic E-state index is -0.977. The largest absolute Gasteiger partial charge is 0.382 e. The van der Waals surface area contributed by atoms with E-state index in [9.17, 15) is 5.11 Å². The van der Waals surface area contributed by atoms with Gasteiger partial charge in [0.2, 0.25) is 0 Å². The Morgan fingerprint density at radius 3 is 2.36 bits per heavy atom. The second-order valence-corrected chi connectivity index (χ2v) is 7.59. The second kappa shape index (κ2) is 6.69. The van der Waals surface area contributed by atoms with Crippen molar-refractivity contribution in [3.05, 3.63) is 36.0 Å². The summed E-state index contributed by atoms with van der Waals surface area (Å²) < 4.78 is 11.5. The number of rotatable bonds is 6. The molecule has 1 rings (SSSR count). The molecule has 0 saturated carbocycles. The van der Waals surface area contributed by atoms with E-state index in [1.165, 1.54) is 11.1 Å². The highest BCUT2D eigenvalue weighted by atomic mass is 16.7. The summed E-state index contributed by atoms with van der Waals surface area (Å²) in [6.07, 6.45) is 7.33. The Hall–Kier alpha value is -0.900. The summed E-state index contributed by atoms with van der Waals surface area (Å²) in [6, 6.07) is 0. The van der Waals surface area contributed by atoms with Crippen LogP contribution in [0, 0.1) is 5.41 Å². The maximum atomic E-state index is 10.1. The Morgan fingerprint density at radius 2 is 1.91 bits per heavy atom. The lowest BCUT2D eigenvalue weighted by Gasteiger charge is -2.40. The zero-order valence-electron chi connectivity index (χ0n) is 15.2. The van der Waals surface area contributed by atoms with E-state index >= 15 is 0 Å². The maximum absolute atomic E-state index is 10.1. The van der Waals surface area contributed by atoms with Gasteiger partial charge < -0.3 is 14.6 Å². The molecule has 1 N–H and O–H groups in total. The van der Waals surface area contributed by atoms with E-state index in [4.69, 9.17) is 9.47 Å². The van der Waals surface area contributed by atoms with Crippen molar-refractivity contribution in [3.8, 4) is 0 Å². The highest BCUT2D eigenvalue weighted by molar-refractivity contribution is 5.35. The van der Waals surface area contributed by atoms with Crippen LogP contribution in [0.25, 0.3) is 0 Å². The first-order valence-electron chi connectivity index (χ1n) is 7.91. The molecule has 1 aliphatic rings. The average molecular weight is 308 g/mol. The van der Waals surface area contributed by atoms with Crippen LogP contribution in [-0.4, -0.2) is 29.7 Å². The van der Waals surface area contributed by atoms with Crippen molar-refractivity contribution in [1.82, 2.24) is 0 Å². The molecule has 3 nitrogen and oxygen atoms in total. The van der Waals surface area contributed by atoms with E-state index in [1.807, 2.05) is 19.9 Å². The lowest BCUT2D eigenvalue weighted by Crippen LogP contribution is -2.38. The van der Waals surface area contributed by atoms with Gasteiger partial charge in [0.1, 0.15) is 0 Å². The van der Waals surface area contributed by atoms with E-state index in [-0.39, 0.29) is 11.5 Å². The van der Waals surface area contributed by atoms with Gasteiger partial charge in [-0.25, -0.2) is 0 Å². The van der Waals surface area contributed by atoms with E-state index in [0.29, 0.717) is 0 Å². The third-order valence-electron chi connectivity index (χ3n) is 4.40. The Labute approximate surface area is 135 Å². The fourth-order valence-electron chi connectivity index (χ4n) is 3.00. The molecule has 0 bridgehead atoms. The summed E-state index contributed by atoms with van der Waals surface area (Å²) in [4.78, 5) is 0. The van der Waals surface area contributed by atoms with Crippen molar-refractivity contribution in [2.45, 2.75) is 71.9 Å². The molecule has 0 amide bonds. The van der Waals surface area contributed by atoms with Crippen molar-refractivity contribution < 1.29 is 14.6 Å². The van der Waals surface area contributed by atoms with E-state index in [1.54, 1.807) is 26.2 Å². The van der Waals surface area contributed by atoms with Gasteiger partial charge in [-0.05, 0) is 57.6 Å². The Kier molecular flexibility index (Phi) is 5.82. The summed E-state index contributed by atoms with van der Waals surface area (Å²) in [5.41, 5.74) is 1.58. The van der Waals surface area contributed by atoms with Crippen LogP contribution in [-0.2, 0) is 9.47 Å². The molecule has 3 heteroatoms. The number of hydrogen-bond acceptors (Lipinski definition) is 3. The third kappa shape index (κ3) is 5.08. The molecular formula is C19H32O3. The molecule has 0 radical (unpaired) electrons. The smallest absolute Gasteiger partial charge is 0.162 e. The van der Waals surface area contributed by atoms with Gasteiger partial charge in [0.05, 0.1) is 11.7 Å². The van der Waals surface area contributed by atoms with Crippen molar-refractivity contribution in [2.75, 3.05) is 7.11 Å². The Morgan fingerprint density at radius 1 is 1.32 bits per heavy atom. The highest BCUT2D eigenvalue weighted by Crippen LogP contribution is 2.43. The zero-order chi connectivity index (χ0) is 17.2. The molecule has 1 unspecified atom stereocenters. The SMILES string of the molecule is C=CC(C)(O)/C=C/C1=C(C)C[C@@H](OC(C)(C)OC)CC1(C)C. The minimum Gasteiger partial charge on any atom is -0.382 e. The number of allylic oxidation sites excluding steroid dienone is 2. The fourth-order valence-corrected chi connectivity index (χ4v) is 3.00. The predicted octanol–water partition coefficient (Wildman–Crippen LogP) is 4.38. The average Bonchev–Trinajstić information content (AvgIpc) is 2.36. The monoisotopic (exact) mass is 308 g/mol. The van der Waals surface area contributed by atoms with Crippen LogP contribution in [0.2, 0.25) is 0 Å². The molecule has 0 spiro atoms. The topological polar surface area (TPSA) is 38.7 Å². The van der Waals surface area contributed by atoms with Crippen molar-refractivity contribution in [1.29, 1.82) is 0 Å². The van der Waals surface area contributed by atoms with Gasteiger partial charge in [0, 0.05) is 7.11 Å². The van der Waals surface area contributed by atoms with Gasteiger partial charge in [-0.15, -0.1) is 0 Å². The van der Waals surface area contributed by atoms with Gasteiger partial charge in [0.15, 0.2) is 5.79 Å². The quantitative estimate of drug-likeness (QED) is 0.584. The van der Waals surface area contributed by atoms with Crippen LogP contribution in [0.1, 0.15) is 54.4 Å². The molecular weight excluding hydrogens is 276 g/mol. The van der Waals surface area contributed by atoms with Crippen molar-refractivity contribution in [2.24, 2.45) is 5.41 Å². The standard InChI is InChI=1S/C19H32O3/c1-9-19(7,20)11-10-16-14(2)12-15(13-17(16,3)4)22-18(5,6)21-8/h9-11,15,20H,1,12-13H2,2-8H3/b11-10+/t15-,19?/m1/s1. The van der Waals surface area contributed by atoms with Crippen LogP contribution >= 0.6 is 0 Å². The molecule has 0 fully saturated rings. The van der Waals surface area contributed by atoms with E-state index < -0.39 is 11.4 Å². The molecule has 2 atom stereocenters. The Bertz CT molecular complexity index is 467. The summed E-state index contributed by atoms with van der Waals surface area (Å²) >= 11 is 0. The molecule has 0 aromatic heterocycles. The molecule has 0 heterocycles. The molecule has 22 heavy (non-hydrogen) atoms. The first kappa shape index (κ1) is 19.1. The fraction of sp³-hybridized carbons (Fsp3) is 0.684. The predicted molar refractivity (Wildman–Crippen MR) is 91.6 cm³/mol. The van der Waals surface area contributed by atoms with E-state index in [0.717, 1.165) is 12.8 Å². The van der Waals surface area contributed by atoms with Crippen LogP contribution in [0.3, 0.4) is 0 Å². The van der Waals surface area contributed by atoms with Crippen molar-refractivity contribution in [3.63, 3.8) is 0 Å². The summed E-state index contributed by atoms with van der Waals surface area (Å²) in [7, 11) is 1.67. The van der Waals surface area contributed by atoms with Gasteiger partial charge in [-0.2, -0.15) is 0 Å². The Balaban J connectivity index is 2.99. The van der Waals surface area contributed by atoms with Gasteiger partial charge in [-0.3, -0.25) is 0 Å². The number of hydrogen-bond donors (Lipinski definition) is 1. The van der Waals surface area contributed by atoms with Crippen LogP contribution in [0.5, 0.6) is 0 Å². The summed E-state index contributed by atoms with van der Waals surface area (Å²) in [5.74, 6) is -0.569. The van der Waals surface area contributed by atoms with Gasteiger partial charge in [-0.1, -0.05) is 38.2 Å². The molecule has 126 valence electrons. The summed E-state index contributed by atoms with van der Waals surface area (Å²) in [6.45, 7) is 15.8. The van der Waals surface area contributed by atoms with Crippen molar-refractivity contribution >= 4 is 0 Å². The van der Waals surface area contributed by atoms with Crippen LogP contribution in [0.15, 0.2) is 36.0 Å². The minimum absolute atomic E-state index is 0.00935. The highest BCUT2D eigenvalue weighted by Gasteiger charge is 2.35. The lowest BCUT2D eigenvalue weighted by molar-refractivity contribution is -0.228. The molecule has 0 aromatic carbocycles. The lowest BCUT2D eigenvalue weighted by atomic mass is 9.71. The maximum Gasteiger partial charge on any atom is 0.162 e. The summed E-state index contributed by atoms with van der Waals surface area (Å²) in [5, 5.41) is 10.1. The van der Waals surface area contributed by atoms with Gasteiger partial charge in [0.25, 0.3) is 0 Å². The van der Waals surface area contributed by atoms with Crippen LogP contribution in [0.4, 0.5) is 0 Å². The van der Waals surface area contributed by atoms with Crippen LogP contribution < -0.4 is 0 Å². The van der Waals surface area contributed by atoms with Gasteiger partial charge >= 0.3 is 0 Å². The normalized spacial score (nSPS) is 25.4. The first-order chi connectivity index (χ1) is 9.92. The molecule has 0 aliphatic heterocycles. The molecule has 1 aliphatic carbocycles. The number of aliphatic hydroxyl groups is 1.